The molecule has 0 bridgehead atoms. The standard InChI is InChI=1S/C12H18BrNOS/c1-14-10(8-16-3)6-9-7-11(15-2)4-5-12(9)13/h4-5,7,10,14H,6,8H2,1-3H3. The highest BCUT2D eigenvalue weighted by atomic mass is 79.9. The Morgan fingerprint density at radius 3 is 2.81 bits per heavy atom. The minimum atomic E-state index is 0.499. The van der Waals surface area contributed by atoms with Gasteiger partial charge in [-0.15, -0.1) is 0 Å². The van der Waals surface area contributed by atoms with Gasteiger partial charge in [-0.25, -0.2) is 0 Å². The van der Waals surface area contributed by atoms with Crippen LogP contribution in [0.5, 0.6) is 5.75 Å². The highest BCUT2D eigenvalue weighted by Gasteiger charge is 2.09. The van der Waals surface area contributed by atoms with Crippen molar-refractivity contribution in [2.45, 2.75) is 12.5 Å². The molecule has 0 aliphatic rings. The van der Waals surface area contributed by atoms with E-state index in [1.54, 1.807) is 7.11 Å². The number of halogens is 1. The molecule has 1 aromatic rings. The van der Waals surface area contributed by atoms with Crippen LogP contribution in [0.25, 0.3) is 0 Å². The molecule has 0 saturated heterocycles. The van der Waals surface area contributed by atoms with E-state index in [0.717, 1.165) is 22.4 Å². The molecule has 0 fully saturated rings. The lowest BCUT2D eigenvalue weighted by Gasteiger charge is -2.16. The minimum absolute atomic E-state index is 0.499. The van der Waals surface area contributed by atoms with E-state index in [2.05, 4.69) is 33.6 Å². The number of ether oxygens (including phenoxy) is 1. The van der Waals surface area contributed by atoms with Crippen molar-refractivity contribution in [2.24, 2.45) is 0 Å². The van der Waals surface area contributed by atoms with Crippen LogP contribution in [0.2, 0.25) is 0 Å². The van der Waals surface area contributed by atoms with Crippen LogP contribution < -0.4 is 10.1 Å². The average Bonchev–Trinajstić information content (AvgIpc) is 2.31. The normalized spacial score (nSPS) is 12.5. The second kappa shape index (κ2) is 7.20. The summed E-state index contributed by atoms with van der Waals surface area (Å²) in [5.74, 6) is 2.03. The molecule has 90 valence electrons. The van der Waals surface area contributed by atoms with Crippen LogP contribution in [0.1, 0.15) is 5.56 Å². The number of hydrogen-bond acceptors (Lipinski definition) is 3. The Kier molecular flexibility index (Phi) is 6.24. The van der Waals surface area contributed by atoms with E-state index in [4.69, 9.17) is 4.74 Å². The Morgan fingerprint density at radius 1 is 1.50 bits per heavy atom. The largest absolute Gasteiger partial charge is 0.497 e. The Morgan fingerprint density at radius 2 is 2.25 bits per heavy atom. The predicted octanol–water partition coefficient (Wildman–Crippen LogP) is 2.95. The first-order chi connectivity index (χ1) is 7.71. The van der Waals surface area contributed by atoms with Crippen molar-refractivity contribution < 1.29 is 4.74 Å². The molecule has 0 aliphatic carbocycles. The molecule has 0 heterocycles. The van der Waals surface area contributed by atoms with Gasteiger partial charge in [0.25, 0.3) is 0 Å². The summed E-state index contributed by atoms with van der Waals surface area (Å²) in [6.07, 6.45) is 3.14. The highest BCUT2D eigenvalue weighted by molar-refractivity contribution is 9.10. The fraction of sp³-hybridized carbons (Fsp3) is 0.500. The zero-order chi connectivity index (χ0) is 12.0. The number of likely N-dealkylation sites (N-methyl/N-ethyl adjacent to an activating group) is 1. The molecular weight excluding hydrogens is 286 g/mol. The highest BCUT2D eigenvalue weighted by Crippen LogP contribution is 2.24. The van der Waals surface area contributed by atoms with Gasteiger partial charge in [0.2, 0.25) is 0 Å². The van der Waals surface area contributed by atoms with E-state index in [9.17, 15) is 0 Å². The summed E-state index contributed by atoms with van der Waals surface area (Å²) >= 11 is 5.44. The first-order valence-corrected chi connectivity index (χ1v) is 7.38. The van der Waals surface area contributed by atoms with Crippen LogP contribution in [0, 0.1) is 0 Å². The molecule has 1 rings (SSSR count). The van der Waals surface area contributed by atoms with Crippen molar-refractivity contribution in [1.82, 2.24) is 5.32 Å². The zero-order valence-electron chi connectivity index (χ0n) is 9.92. The Bertz CT molecular complexity index is 333. The van der Waals surface area contributed by atoms with Crippen LogP contribution in [-0.2, 0) is 6.42 Å². The summed E-state index contributed by atoms with van der Waals surface area (Å²) in [6, 6.07) is 6.60. The molecule has 4 heteroatoms. The fourth-order valence-electron chi connectivity index (χ4n) is 1.55. The van der Waals surface area contributed by atoms with Crippen molar-refractivity contribution in [2.75, 3.05) is 26.2 Å². The molecule has 1 aromatic carbocycles. The SMILES string of the molecule is CNC(CSC)Cc1cc(OC)ccc1Br. The van der Waals surface area contributed by atoms with Gasteiger partial charge < -0.3 is 10.1 Å². The summed E-state index contributed by atoms with van der Waals surface area (Å²) < 4.78 is 6.39. The molecule has 2 nitrogen and oxygen atoms in total. The average molecular weight is 304 g/mol. The smallest absolute Gasteiger partial charge is 0.119 e. The molecular formula is C12H18BrNOS. The van der Waals surface area contributed by atoms with Gasteiger partial charge in [0, 0.05) is 16.3 Å². The molecule has 0 aliphatic heterocycles. The Hall–Kier alpha value is -0.190. The van der Waals surface area contributed by atoms with Crippen LogP contribution in [0.4, 0.5) is 0 Å². The maximum Gasteiger partial charge on any atom is 0.119 e. The molecule has 0 amide bonds. The lowest BCUT2D eigenvalue weighted by atomic mass is 10.1. The molecule has 0 radical (unpaired) electrons. The summed E-state index contributed by atoms with van der Waals surface area (Å²) in [5, 5.41) is 3.33. The van der Waals surface area contributed by atoms with Crippen molar-refractivity contribution >= 4 is 27.7 Å². The first-order valence-electron chi connectivity index (χ1n) is 5.20. The van der Waals surface area contributed by atoms with E-state index in [0.29, 0.717) is 6.04 Å². The van der Waals surface area contributed by atoms with Crippen LogP contribution in [-0.4, -0.2) is 32.2 Å². The Balaban J connectivity index is 2.77. The number of thioether (sulfide) groups is 1. The number of hydrogen-bond donors (Lipinski definition) is 1. The lowest BCUT2D eigenvalue weighted by Crippen LogP contribution is -2.30. The van der Waals surface area contributed by atoms with Gasteiger partial charge in [-0.1, -0.05) is 15.9 Å². The number of rotatable bonds is 6. The first kappa shape index (κ1) is 13.9. The maximum atomic E-state index is 5.24. The van der Waals surface area contributed by atoms with Gasteiger partial charge in [-0.3, -0.25) is 0 Å². The van der Waals surface area contributed by atoms with Crippen molar-refractivity contribution in [1.29, 1.82) is 0 Å². The summed E-state index contributed by atoms with van der Waals surface area (Å²) in [5.41, 5.74) is 1.28. The van der Waals surface area contributed by atoms with Gasteiger partial charge in [0.1, 0.15) is 5.75 Å². The molecule has 0 aromatic heterocycles. The minimum Gasteiger partial charge on any atom is -0.497 e. The van der Waals surface area contributed by atoms with E-state index in [1.807, 2.05) is 30.9 Å². The summed E-state index contributed by atoms with van der Waals surface area (Å²) in [7, 11) is 3.71. The third kappa shape index (κ3) is 4.00. The fourth-order valence-corrected chi connectivity index (χ4v) is 2.64. The van der Waals surface area contributed by atoms with Gasteiger partial charge in [-0.05, 0) is 43.5 Å². The third-order valence-corrected chi connectivity index (χ3v) is 4.00. The summed E-state index contributed by atoms with van der Waals surface area (Å²) in [6.45, 7) is 0. The van der Waals surface area contributed by atoms with Crippen LogP contribution >= 0.6 is 27.7 Å². The van der Waals surface area contributed by atoms with E-state index < -0.39 is 0 Å². The molecule has 1 atom stereocenters. The van der Waals surface area contributed by atoms with Crippen molar-refractivity contribution in [3.05, 3.63) is 28.2 Å². The van der Waals surface area contributed by atoms with E-state index in [-0.39, 0.29) is 0 Å². The molecule has 1 N–H and O–H groups in total. The van der Waals surface area contributed by atoms with E-state index in [1.165, 1.54) is 5.56 Å². The number of nitrogens with one attached hydrogen (secondary N) is 1. The topological polar surface area (TPSA) is 21.3 Å². The van der Waals surface area contributed by atoms with Crippen molar-refractivity contribution in [3.8, 4) is 5.75 Å². The Labute approximate surface area is 110 Å². The van der Waals surface area contributed by atoms with Crippen LogP contribution in [0.3, 0.4) is 0 Å². The zero-order valence-corrected chi connectivity index (χ0v) is 12.3. The van der Waals surface area contributed by atoms with Gasteiger partial charge >= 0.3 is 0 Å². The quantitative estimate of drug-likeness (QED) is 0.873. The maximum absolute atomic E-state index is 5.24. The molecule has 0 saturated carbocycles. The second-order valence-electron chi connectivity index (χ2n) is 3.60. The number of methoxy groups -OCH3 is 1. The molecule has 0 spiro atoms. The van der Waals surface area contributed by atoms with Gasteiger partial charge in [0.15, 0.2) is 0 Å². The second-order valence-corrected chi connectivity index (χ2v) is 5.37. The monoisotopic (exact) mass is 303 g/mol. The van der Waals surface area contributed by atoms with Gasteiger partial charge in [0.05, 0.1) is 7.11 Å². The number of benzene rings is 1. The molecule has 1 unspecified atom stereocenters. The van der Waals surface area contributed by atoms with E-state index >= 15 is 0 Å². The van der Waals surface area contributed by atoms with Crippen LogP contribution in [0.15, 0.2) is 22.7 Å². The third-order valence-electron chi connectivity index (χ3n) is 2.50. The van der Waals surface area contributed by atoms with Gasteiger partial charge in [-0.2, -0.15) is 11.8 Å². The molecule has 16 heavy (non-hydrogen) atoms. The van der Waals surface area contributed by atoms with Crippen molar-refractivity contribution in [3.63, 3.8) is 0 Å². The lowest BCUT2D eigenvalue weighted by molar-refractivity contribution is 0.414. The summed E-state index contributed by atoms with van der Waals surface area (Å²) in [4.78, 5) is 0. The predicted molar refractivity (Wildman–Crippen MR) is 75.6 cm³/mol.